The molecule has 0 saturated carbocycles. The van der Waals surface area contributed by atoms with Crippen LogP contribution in [0.2, 0.25) is 0 Å². The Labute approximate surface area is 100 Å². The Kier molecular flexibility index (Phi) is 12.9. The lowest BCUT2D eigenvalue weighted by Crippen LogP contribution is -2.16. The van der Waals surface area contributed by atoms with E-state index in [9.17, 15) is 0 Å². The third-order valence-electron chi connectivity index (χ3n) is 2.53. The van der Waals surface area contributed by atoms with Gasteiger partial charge in [0.1, 0.15) is 0 Å². The average Bonchev–Trinajstić information content (AvgIpc) is 2.31. The van der Waals surface area contributed by atoms with Crippen LogP contribution in [-0.2, 0) is 9.47 Å². The summed E-state index contributed by atoms with van der Waals surface area (Å²) in [6.07, 6.45) is 7.69. The summed E-state index contributed by atoms with van der Waals surface area (Å²) in [5.74, 6) is 0. The van der Waals surface area contributed by atoms with Crippen LogP contribution in [0.1, 0.15) is 52.4 Å². The maximum Gasteiger partial charge on any atom is 0.0778 e. The molecular weight excluding hydrogens is 204 g/mol. The largest absolute Gasteiger partial charge is 0.394 e. The molecule has 0 aliphatic rings. The summed E-state index contributed by atoms with van der Waals surface area (Å²) in [5.41, 5.74) is 0. The van der Waals surface area contributed by atoms with E-state index in [0.29, 0.717) is 13.2 Å². The minimum absolute atomic E-state index is 0.0716. The number of ether oxygens (including phenoxy) is 2. The van der Waals surface area contributed by atoms with E-state index in [1.165, 1.54) is 32.1 Å². The molecule has 0 heterocycles. The quantitative estimate of drug-likeness (QED) is 0.526. The predicted octanol–water partition coefficient (Wildman–Crippen LogP) is 2.76. The van der Waals surface area contributed by atoms with Gasteiger partial charge in [0.2, 0.25) is 0 Å². The summed E-state index contributed by atoms with van der Waals surface area (Å²) in [6, 6.07) is 0. The second-order valence-corrected chi connectivity index (χ2v) is 4.24. The fourth-order valence-corrected chi connectivity index (χ4v) is 1.45. The summed E-state index contributed by atoms with van der Waals surface area (Å²) >= 11 is 0. The van der Waals surface area contributed by atoms with Crippen molar-refractivity contribution in [3.63, 3.8) is 0 Å². The van der Waals surface area contributed by atoms with Gasteiger partial charge in [-0.2, -0.15) is 0 Å². The van der Waals surface area contributed by atoms with Crippen molar-refractivity contribution in [2.45, 2.75) is 58.5 Å². The topological polar surface area (TPSA) is 38.7 Å². The van der Waals surface area contributed by atoms with Crippen LogP contribution in [0.25, 0.3) is 0 Å². The van der Waals surface area contributed by atoms with Crippen molar-refractivity contribution in [3.05, 3.63) is 0 Å². The van der Waals surface area contributed by atoms with Gasteiger partial charge in [-0.05, 0) is 13.3 Å². The Morgan fingerprint density at radius 1 is 0.938 bits per heavy atom. The van der Waals surface area contributed by atoms with Gasteiger partial charge in [0.25, 0.3) is 0 Å². The Bertz CT molecular complexity index is 128. The molecule has 0 fully saturated rings. The molecule has 3 nitrogen and oxygen atoms in total. The van der Waals surface area contributed by atoms with Crippen molar-refractivity contribution >= 4 is 0 Å². The molecule has 0 aromatic carbocycles. The van der Waals surface area contributed by atoms with Crippen LogP contribution in [-0.4, -0.2) is 37.6 Å². The van der Waals surface area contributed by atoms with E-state index in [-0.39, 0.29) is 12.7 Å². The molecule has 3 heteroatoms. The van der Waals surface area contributed by atoms with E-state index in [1.807, 2.05) is 6.92 Å². The van der Waals surface area contributed by atoms with Gasteiger partial charge in [0.05, 0.1) is 25.9 Å². The van der Waals surface area contributed by atoms with Gasteiger partial charge in [-0.1, -0.05) is 39.0 Å². The summed E-state index contributed by atoms with van der Waals surface area (Å²) in [6.45, 7) is 6.22. The first-order chi connectivity index (χ1) is 7.81. The standard InChI is InChI=1S/C13H28O3/c1-3-4-5-6-7-8-9-15-10-11-16-13(2)12-14/h13-14H,3-12H2,1-2H3. The van der Waals surface area contributed by atoms with E-state index in [4.69, 9.17) is 14.6 Å². The Morgan fingerprint density at radius 3 is 2.31 bits per heavy atom. The van der Waals surface area contributed by atoms with E-state index in [0.717, 1.165) is 13.0 Å². The summed E-state index contributed by atoms with van der Waals surface area (Å²) in [4.78, 5) is 0. The zero-order chi connectivity index (χ0) is 12.1. The molecule has 0 aromatic heterocycles. The minimum Gasteiger partial charge on any atom is -0.394 e. The van der Waals surface area contributed by atoms with Crippen molar-refractivity contribution in [1.29, 1.82) is 0 Å². The smallest absolute Gasteiger partial charge is 0.0778 e. The molecule has 1 unspecified atom stereocenters. The van der Waals surface area contributed by atoms with Crippen LogP contribution in [0.4, 0.5) is 0 Å². The SMILES string of the molecule is CCCCCCCCOCCOC(C)CO. The van der Waals surface area contributed by atoms with Crippen molar-refractivity contribution in [2.24, 2.45) is 0 Å². The van der Waals surface area contributed by atoms with Gasteiger partial charge >= 0.3 is 0 Å². The third kappa shape index (κ3) is 12.0. The van der Waals surface area contributed by atoms with Crippen LogP contribution in [0.15, 0.2) is 0 Å². The number of aliphatic hydroxyl groups excluding tert-OH is 1. The fourth-order valence-electron chi connectivity index (χ4n) is 1.45. The van der Waals surface area contributed by atoms with Gasteiger partial charge in [-0.15, -0.1) is 0 Å². The lowest BCUT2D eigenvalue weighted by molar-refractivity contribution is -0.0108. The maximum absolute atomic E-state index is 8.71. The summed E-state index contributed by atoms with van der Waals surface area (Å²) in [5, 5.41) is 8.71. The van der Waals surface area contributed by atoms with E-state index in [2.05, 4.69) is 6.92 Å². The Morgan fingerprint density at radius 2 is 1.62 bits per heavy atom. The third-order valence-corrected chi connectivity index (χ3v) is 2.53. The van der Waals surface area contributed by atoms with Crippen molar-refractivity contribution in [2.75, 3.05) is 26.4 Å². The van der Waals surface area contributed by atoms with Crippen LogP contribution in [0, 0.1) is 0 Å². The molecule has 16 heavy (non-hydrogen) atoms. The number of aliphatic hydroxyl groups is 1. The van der Waals surface area contributed by atoms with Crippen molar-refractivity contribution in [1.82, 2.24) is 0 Å². The molecule has 0 aromatic rings. The summed E-state index contributed by atoms with van der Waals surface area (Å²) in [7, 11) is 0. The highest BCUT2D eigenvalue weighted by Gasteiger charge is 1.98. The zero-order valence-corrected chi connectivity index (χ0v) is 10.9. The molecule has 0 aliphatic heterocycles. The first kappa shape index (κ1) is 15.9. The molecule has 98 valence electrons. The second-order valence-electron chi connectivity index (χ2n) is 4.24. The van der Waals surface area contributed by atoms with Gasteiger partial charge in [0, 0.05) is 6.61 Å². The van der Waals surface area contributed by atoms with Crippen molar-refractivity contribution in [3.8, 4) is 0 Å². The highest BCUT2D eigenvalue weighted by molar-refractivity contribution is 4.45. The van der Waals surface area contributed by atoms with Crippen molar-refractivity contribution < 1.29 is 14.6 Å². The van der Waals surface area contributed by atoms with Gasteiger partial charge in [-0.25, -0.2) is 0 Å². The average molecular weight is 232 g/mol. The molecule has 1 N–H and O–H groups in total. The van der Waals surface area contributed by atoms with Gasteiger partial charge < -0.3 is 14.6 Å². The van der Waals surface area contributed by atoms with Crippen LogP contribution in [0.5, 0.6) is 0 Å². The van der Waals surface area contributed by atoms with Crippen LogP contribution < -0.4 is 0 Å². The molecule has 0 rings (SSSR count). The molecule has 0 saturated heterocycles. The number of rotatable bonds is 12. The van der Waals surface area contributed by atoms with Crippen LogP contribution in [0.3, 0.4) is 0 Å². The van der Waals surface area contributed by atoms with Crippen LogP contribution >= 0.6 is 0 Å². The molecular formula is C13H28O3. The monoisotopic (exact) mass is 232 g/mol. The van der Waals surface area contributed by atoms with E-state index >= 15 is 0 Å². The molecule has 0 amide bonds. The molecule has 0 spiro atoms. The minimum atomic E-state index is -0.0716. The predicted molar refractivity (Wildman–Crippen MR) is 66.7 cm³/mol. The highest BCUT2D eigenvalue weighted by atomic mass is 16.5. The van der Waals surface area contributed by atoms with Gasteiger partial charge in [-0.3, -0.25) is 0 Å². The van der Waals surface area contributed by atoms with Gasteiger partial charge in [0.15, 0.2) is 0 Å². The van der Waals surface area contributed by atoms with E-state index in [1.54, 1.807) is 0 Å². The van der Waals surface area contributed by atoms with E-state index < -0.39 is 0 Å². The molecule has 1 atom stereocenters. The zero-order valence-electron chi connectivity index (χ0n) is 10.9. The molecule has 0 bridgehead atoms. The summed E-state index contributed by atoms with van der Waals surface area (Å²) < 4.78 is 10.7. The fraction of sp³-hybridized carbons (Fsp3) is 1.00. The number of hydrogen-bond acceptors (Lipinski definition) is 3. The first-order valence-electron chi connectivity index (χ1n) is 6.61. The molecule has 0 radical (unpaired) electrons. The molecule has 0 aliphatic carbocycles. The second kappa shape index (κ2) is 12.9. The number of hydrogen-bond donors (Lipinski definition) is 1. The Hall–Kier alpha value is -0.120. The number of unbranched alkanes of at least 4 members (excludes halogenated alkanes) is 5. The maximum atomic E-state index is 8.71. The lowest BCUT2D eigenvalue weighted by atomic mass is 10.1. The normalized spacial score (nSPS) is 12.9. The first-order valence-corrected chi connectivity index (χ1v) is 6.61. The Balaban J connectivity index is 2.93. The highest BCUT2D eigenvalue weighted by Crippen LogP contribution is 2.04. The lowest BCUT2D eigenvalue weighted by Gasteiger charge is -2.09.